The van der Waals surface area contributed by atoms with Gasteiger partial charge in [0.1, 0.15) is 0 Å². The van der Waals surface area contributed by atoms with E-state index in [4.69, 9.17) is 10.5 Å². The van der Waals surface area contributed by atoms with Gasteiger partial charge in [-0.25, -0.2) is 0 Å². The van der Waals surface area contributed by atoms with Crippen LogP contribution in [0.1, 0.15) is 6.42 Å². The van der Waals surface area contributed by atoms with Crippen LogP contribution in [0.4, 0.5) is 0 Å². The molecule has 0 aromatic rings. The topological polar surface area (TPSA) is 38.5 Å². The molecule has 1 fully saturated rings. The number of nitrogens with two attached hydrogens (primary N) is 1. The highest BCUT2D eigenvalue weighted by Gasteiger charge is 2.19. The molecular formula is C8H16N2O. The van der Waals surface area contributed by atoms with Crippen molar-refractivity contribution in [2.45, 2.75) is 12.5 Å². The lowest BCUT2D eigenvalue weighted by atomic mass is 10.3. The predicted octanol–water partition coefficient (Wildman–Crippen LogP) is 0.179. The molecule has 1 heterocycles. The number of hydrogen-bond acceptors (Lipinski definition) is 3. The molecule has 0 saturated carbocycles. The molecule has 3 nitrogen and oxygen atoms in total. The number of likely N-dealkylation sites (tertiary alicyclic amines) is 1. The van der Waals surface area contributed by atoms with Gasteiger partial charge in [-0.05, 0) is 13.5 Å². The summed E-state index contributed by atoms with van der Waals surface area (Å²) in [5.74, 6) is 0. The molecular weight excluding hydrogens is 140 g/mol. The molecule has 0 spiro atoms. The molecule has 64 valence electrons. The summed E-state index contributed by atoms with van der Waals surface area (Å²) in [7, 11) is 2.10. The van der Waals surface area contributed by atoms with E-state index in [1.807, 2.05) is 0 Å². The SMILES string of the molecule is C=C(N)COC1CCN(C)C1. The second-order valence-corrected chi connectivity index (χ2v) is 3.14. The summed E-state index contributed by atoms with van der Waals surface area (Å²) < 4.78 is 5.47. The van der Waals surface area contributed by atoms with Crippen LogP contribution in [0.3, 0.4) is 0 Å². The van der Waals surface area contributed by atoms with Crippen LogP contribution in [0.25, 0.3) is 0 Å². The van der Waals surface area contributed by atoms with Crippen molar-refractivity contribution >= 4 is 0 Å². The van der Waals surface area contributed by atoms with Crippen molar-refractivity contribution < 1.29 is 4.74 Å². The molecule has 1 rings (SSSR count). The second kappa shape index (κ2) is 3.74. The van der Waals surface area contributed by atoms with Crippen LogP contribution in [-0.4, -0.2) is 37.7 Å². The first-order valence-electron chi connectivity index (χ1n) is 3.92. The molecule has 0 aromatic heterocycles. The van der Waals surface area contributed by atoms with Gasteiger partial charge in [-0.3, -0.25) is 0 Å². The molecule has 0 amide bonds. The zero-order valence-electron chi connectivity index (χ0n) is 7.05. The van der Waals surface area contributed by atoms with Gasteiger partial charge < -0.3 is 15.4 Å². The summed E-state index contributed by atoms with van der Waals surface area (Å²) >= 11 is 0. The smallest absolute Gasteiger partial charge is 0.0858 e. The Morgan fingerprint density at radius 2 is 2.55 bits per heavy atom. The minimum atomic E-state index is 0.361. The van der Waals surface area contributed by atoms with Crippen molar-refractivity contribution in [2.24, 2.45) is 5.73 Å². The van der Waals surface area contributed by atoms with Crippen molar-refractivity contribution in [3.05, 3.63) is 12.3 Å². The van der Waals surface area contributed by atoms with Crippen molar-refractivity contribution in [1.29, 1.82) is 0 Å². The third-order valence-electron chi connectivity index (χ3n) is 1.85. The summed E-state index contributed by atoms with van der Waals surface area (Å²) in [5, 5.41) is 0. The molecule has 1 unspecified atom stereocenters. The fraction of sp³-hybridized carbons (Fsp3) is 0.750. The molecule has 1 aliphatic rings. The standard InChI is InChI=1S/C8H16N2O/c1-7(9)6-11-8-3-4-10(2)5-8/h8H,1,3-6,9H2,2H3. The molecule has 0 bridgehead atoms. The number of likely N-dealkylation sites (N-methyl/N-ethyl adjacent to an activating group) is 1. The maximum atomic E-state index is 5.47. The zero-order chi connectivity index (χ0) is 8.27. The molecule has 1 aliphatic heterocycles. The van der Waals surface area contributed by atoms with E-state index in [-0.39, 0.29) is 0 Å². The van der Waals surface area contributed by atoms with E-state index in [0.29, 0.717) is 18.4 Å². The van der Waals surface area contributed by atoms with Gasteiger partial charge in [0.05, 0.1) is 12.7 Å². The summed E-state index contributed by atoms with van der Waals surface area (Å²) in [4.78, 5) is 2.25. The van der Waals surface area contributed by atoms with Gasteiger partial charge in [0, 0.05) is 18.8 Å². The van der Waals surface area contributed by atoms with Gasteiger partial charge in [-0.15, -0.1) is 0 Å². The van der Waals surface area contributed by atoms with E-state index >= 15 is 0 Å². The fourth-order valence-corrected chi connectivity index (χ4v) is 1.26. The van der Waals surface area contributed by atoms with Crippen LogP contribution in [0, 0.1) is 0 Å². The average molecular weight is 156 g/mol. The van der Waals surface area contributed by atoms with Crippen LogP contribution in [0.15, 0.2) is 12.3 Å². The minimum Gasteiger partial charge on any atom is -0.401 e. The lowest BCUT2D eigenvalue weighted by Gasteiger charge is -2.11. The number of ether oxygens (including phenoxy) is 1. The maximum absolute atomic E-state index is 5.47. The predicted molar refractivity (Wildman–Crippen MR) is 45.2 cm³/mol. The minimum absolute atomic E-state index is 0.361. The van der Waals surface area contributed by atoms with E-state index < -0.39 is 0 Å². The van der Waals surface area contributed by atoms with Crippen LogP contribution < -0.4 is 5.73 Å². The first-order chi connectivity index (χ1) is 5.18. The van der Waals surface area contributed by atoms with Gasteiger partial charge in [0.15, 0.2) is 0 Å². The fourth-order valence-electron chi connectivity index (χ4n) is 1.26. The van der Waals surface area contributed by atoms with Crippen molar-refractivity contribution in [1.82, 2.24) is 4.90 Å². The van der Waals surface area contributed by atoms with Crippen LogP contribution >= 0.6 is 0 Å². The molecule has 0 aliphatic carbocycles. The van der Waals surface area contributed by atoms with Crippen molar-refractivity contribution in [3.8, 4) is 0 Å². The number of rotatable bonds is 3. The Hall–Kier alpha value is -0.540. The lowest BCUT2D eigenvalue weighted by molar-refractivity contribution is 0.0773. The number of hydrogen-bond donors (Lipinski definition) is 1. The van der Waals surface area contributed by atoms with Crippen LogP contribution in [0.5, 0.6) is 0 Å². The third kappa shape index (κ3) is 2.91. The highest BCUT2D eigenvalue weighted by molar-refractivity contribution is 4.86. The van der Waals surface area contributed by atoms with Gasteiger partial charge in [-0.1, -0.05) is 6.58 Å². The molecule has 0 radical (unpaired) electrons. The quantitative estimate of drug-likeness (QED) is 0.633. The van der Waals surface area contributed by atoms with Gasteiger partial charge in [-0.2, -0.15) is 0 Å². The Morgan fingerprint density at radius 3 is 3.00 bits per heavy atom. The number of nitrogens with zero attached hydrogens (tertiary/aromatic N) is 1. The molecule has 0 aromatic carbocycles. The van der Waals surface area contributed by atoms with Gasteiger partial charge >= 0.3 is 0 Å². The summed E-state index contributed by atoms with van der Waals surface area (Å²) in [6.45, 7) is 6.22. The Kier molecular flexibility index (Phi) is 2.91. The average Bonchev–Trinajstić information content (AvgIpc) is 2.31. The monoisotopic (exact) mass is 156 g/mol. The Morgan fingerprint density at radius 1 is 1.82 bits per heavy atom. The molecule has 2 N–H and O–H groups in total. The summed E-state index contributed by atoms with van der Waals surface area (Å²) in [5.41, 5.74) is 5.98. The Bertz CT molecular complexity index is 147. The third-order valence-corrected chi connectivity index (χ3v) is 1.85. The molecule has 1 saturated heterocycles. The highest BCUT2D eigenvalue weighted by Crippen LogP contribution is 2.10. The normalized spacial score (nSPS) is 25.7. The zero-order valence-corrected chi connectivity index (χ0v) is 7.05. The molecule has 3 heteroatoms. The first-order valence-corrected chi connectivity index (χ1v) is 3.92. The van der Waals surface area contributed by atoms with E-state index in [0.717, 1.165) is 19.5 Å². The lowest BCUT2D eigenvalue weighted by Crippen LogP contribution is -2.20. The van der Waals surface area contributed by atoms with Gasteiger partial charge in [0.25, 0.3) is 0 Å². The Labute approximate surface area is 67.8 Å². The van der Waals surface area contributed by atoms with Crippen LogP contribution in [-0.2, 0) is 4.74 Å². The van der Waals surface area contributed by atoms with Crippen LogP contribution in [0.2, 0.25) is 0 Å². The van der Waals surface area contributed by atoms with E-state index in [1.54, 1.807) is 0 Å². The first kappa shape index (κ1) is 8.56. The largest absolute Gasteiger partial charge is 0.401 e. The second-order valence-electron chi connectivity index (χ2n) is 3.14. The van der Waals surface area contributed by atoms with E-state index in [1.165, 1.54) is 0 Å². The van der Waals surface area contributed by atoms with Crippen molar-refractivity contribution in [2.75, 3.05) is 26.7 Å². The van der Waals surface area contributed by atoms with E-state index in [9.17, 15) is 0 Å². The molecule has 11 heavy (non-hydrogen) atoms. The summed E-state index contributed by atoms with van der Waals surface area (Å²) in [6, 6.07) is 0. The van der Waals surface area contributed by atoms with E-state index in [2.05, 4.69) is 18.5 Å². The maximum Gasteiger partial charge on any atom is 0.0858 e. The van der Waals surface area contributed by atoms with Crippen molar-refractivity contribution in [3.63, 3.8) is 0 Å². The Balaban J connectivity index is 2.13. The molecule has 1 atom stereocenters. The highest BCUT2D eigenvalue weighted by atomic mass is 16.5. The van der Waals surface area contributed by atoms with Gasteiger partial charge in [0.2, 0.25) is 0 Å². The summed E-state index contributed by atoms with van der Waals surface area (Å²) in [6.07, 6.45) is 1.48.